The summed E-state index contributed by atoms with van der Waals surface area (Å²) >= 11 is 0. The molecule has 614 valence electrons. The van der Waals surface area contributed by atoms with Crippen LogP contribution in [0.2, 0.25) is 0 Å². The third kappa shape index (κ3) is 15.9. The lowest BCUT2D eigenvalue weighted by atomic mass is 9.96. The second kappa shape index (κ2) is 34.2. The lowest BCUT2D eigenvalue weighted by molar-refractivity contribution is 1.01. The average molecular weight is 1680 g/mol. The van der Waals surface area contributed by atoms with E-state index in [4.69, 9.17) is 40.2 Å². The van der Waals surface area contributed by atoms with Crippen molar-refractivity contribution in [3.05, 3.63) is 468 Å². The normalized spacial score (nSPS) is 11.4. The van der Waals surface area contributed by atoms with Crippen LogP contribution in [-0.4, -0.2) is 63.7 Å². The van der Waals surface area contributed by atoms with Gasteiger partial charge in [0.05, 0.1) is 84.3 Å². The fourth-order valence-corrected chi connectivity index (χ4v) is 17.4. The summed E-state index contributed by atoms with van der Waals surface area (Å²) in [5, 5.41) is 23.3. The third-order valence-corrected chi connectivity index (χ3v) is 24.2. The summed E-state index contributed by atoms with van der Waals surface area (Å²) in [7, 11) is 0. The summed E-state index contributed by atoms with van der Waals surface area (Å²) in [4.78, 5) is 33.7. The van der Waals surface area contributed by atoms with E-state index < -0.39 is 0 Å². The highest BCUT2D eigenvalue weighted by molar-refractivity contribution is 5.93. The molecular formula is C118H77N13. The second-order valence-corrected chi connectivity index (χ2v) is 32.6. The van der Waals surface area contributed by atoms with Gasteiger partial charge in [-0.05, 0) is 188 Å². The van der Waals surface area contributed by atoms with Gasteiger partial charge in [0.1, 0.15) is 0 Å². The number of para-hydroxylation sites is 3. The number of nitrogens with zero attached hydrogens (tertiary/aromatic N) is 13. The van der Waals surface area contributed by atoms with Crippen molar-refractivity contribution in [3.63, 3.8) is 0 Å². The molecule has 0 aliphatic carbocycles. The number of hydrogen-bond donors (Lipinski definition) is 0. The van der Waals surface area contributed by atoms with Crippen molar-refractivity contribution in [1.82, 2.24) is 63.7 Å². The largest absolute Gasteiger partial charge is 0.265 e. The Bertz CT molecular complexity index is 8330. The molecule has 0 fully saturated rings. The van der Waals surface area contributed by atoms with Crippen LogP contribution in [0.5, 0.6) is 0 Å². The van der Waals surface area contributed by atoms with Crippen LogP contribution < -0.4 is 0 Å². The minimum atomic E-state index is 0.700. The number of benzene rings is 14. The molecule has 25 aromatic rings. The Labute approximate surface area is 754 Å². The summed E-state index contributed by atoms with van der Waals surface area (Å²) in [6.07, 6.45) is 7.30. The van der Waals surface area contributed by atoms with E-state index in [1.54, 1.807) is 0 Å². The molecule has 0 spiro atoms. The Kier molecular flexibility index (Phi) is 20.3. The highest BCUT2D eigenvalue weighted by Gasteiger charge is 2.20. The lowest BCUT2D eigenvalue weighted by Gasteiger charge is -2.12. The molecule has 11 heterocycles. The Morgan fingerprint density at radius 1 is 0.137 bits per heavy atom. The van der Waals surface area contributed by atoms with Crippen LogP contribution in [0.1, 0.15) is 0 Å². The Morgan fingerprint density at radius 2 is 0.405 bits per heavy atom. The van der Waals surface area contributed by atoms with E-state index in [0.29, 0.717) is 11.6 Å². The quantitative estimate of drug-likeness (QED) is 0.103. The first-order valence-corrected chi connectivity index (χ1v) is 43.7. The fraction of sp³-hybridized carbons (Fsp3) is 0. The van der Waals surface area contributed by atoms with Crippen LogP contribution in [0, 0.1) is 0 Å². The van der Waals surface area contributed by atoms with E-state index in [2.05, 4.69) is 374 Å². The maximum absolute atomic E-state index is 5.24. The Morgan fingerprint density at radius 3 is 0.824 bits per heavy atom. The van der Waals surface area contributed by atoms with Crippen LogP contribution in [0.3, 0.4) is 0 Å². The number of rotatable bonds is 14. The molecule has 11 aromatic heterocycles. The van der Waals surface area contributed by atoms with E-state index in [9.17, 15) is 0 Å². The minimum absolute atomic E-state index is 0.700. The fourth-order valence-electron chi connectivity index (χ4n) is 17.4. The Balaban J connectivity index is 0.000000113. The molecule has 0 atom stereocenters. The molecule has 14 aromatic carbocycles. The molecule has 25 rings (SSSR count). The van der Waals surface area contributed by atoms with E-state index in [1.807, 2.05) is 117 Å². The van der Waals surface area contributed by atoms with Gasteiger partial charge in [0.25, 0.3) is 0 Å². The molecule has 13 nitrogen and oxygen atoms in total. The number of hydrogen-bond acceptors (Lipinski definition) is 10. The lowest BCUT2D eigenvalue weighted by Crippen LogP contribution is -1.96. The molecule has 0 aliphatic rings. The summed E-state index contributed by atoms with van der Waals surface area (Å²) in [5.74, 6) is 1.41. The van der Waals surface area contributed by atoms with Crippen LogP contribution >= 0.6 is 0 Å². The highest BCUT2D eigenvalue weighted by Crippen LogP contribution is 2.39. The monoisotopic (exact) mass is 1680 g/mol. The van der Waals surface area contributed by atoms with Gasteiger partial charge in [-0.1, -0.05) is 309 Å². The predicted octanol–water partition coefficient (Wildman–Crippen LogP) is 28.9. The van der Waals surface area contributed by atoms with Crippen LogP contribution in [0.4, 0.5) is 0 Å². The summed E-state index contributed by atoms with van der Waals surface area (Å²) in [6, 6.07) is 154. The van der Waals surface area contributed by atoms with Gasteiger partial charge in [-0.3, -0.25) is 9.97 Å². The number of aromatic nitrogens is 13. The zero-order valence-corrected chi connectivity index (χ0v) is 70.8. The van der Waals surface area contributed by atoms with Gasteiger partial charge in [0.2, 0.25) is 0 Å². The smallest absolute Gasteiger partial charge is 0.160 e. The summed E-state index contributed by atoms with van der Waals surface area (Å²) in [6.45, 7) is 0. The van der Waals surface area contributed by atoms with Crippen molar-refractivity contribution in [2.75, 3.05) is 0 Å². The zero-order valence-electron chi connectivity index (χ0n) is 70.8. The van der Waals surface area contributed by atoms with Crippen LogP contribution in [-0.2, 0) is 0 Å². The van der Waals surface area contributed by atoms with E-state index in [1.165, 1.54) is 21.5 Å². The molecule has 0 amide bonds. The number of fused-ring (bicyclic) bond motifs is 11. The van der Waals surface area contributed by atoms with Crippen LogP contribution in [0.25, 0.3) is 228 Å². The maximum Gasteiger partial charge on any atom is 0.160 e. The van der Waals surface area contributed by atoms with Crippen LogP contribution in [0.15, 0.2) is 468 Å². The van der Waals surface area contributed by atoms with Gasteiger partial charge in [-0.15, -0.1) is 0 Å². The van der Waals surface area contributed by atoms with Crippen molar-refractivity contribution in [2.24, 2.45) is 0 Å². The first kappa shape index (κ1) is 77.8. The third-order valence-electron chi connectivity index (χ3n) is 24.2. The minimum Gasteiger partial charge on any atom is -0.265 e. The topological polar surface area (TPSA) is 142 Å². The maximum atomic E-state index is 5.24. The van der Waals surface area contributed by atoms with E-state index in [-0.39, 0.29) is 0 Å². The summed E-state index contributed by atoms with van der Waals surface area (Å²) in [5.41, 5.74) is 32.7. The van der Waals surface area contributed by atoms with Crippen molar-refractivity contribution < 1.29 is 0 Å². The molecule has 0 saturated heterocycles. The van der Waals surface area contributed by atoms with Gasteiger partial charge in [0.15, 0.2) is 11.6 Å². The zero-order chi connectivity index (χ0) is 86.9. The molecule has 0 aliphatic heterocycles. The van der Waals surface area contributed by atoms with Crippen molar-refractivity contribution in [1.29, 1.82) is 0 Å². The highest BCUT2D eigenvalue weighted by atomic mass is 15.2. The molecule has 0 bridgehead atoms. The average Bonchev–Trinajstić information content (AvgIpc) is 1.60. The van der Waals surface area contributed by atoms with Crippen molar-refractivity contribution in [2.45, 2.75) is 0 Å². The molecule has 0 N–H and O–H groups in total. The second-order valence-electron chi connectivity index (χ2n) is 32.6. The molecule has 0 unspecified atom stereocenters. The van der Waals surface area contributed by atoms with E-state index >= 15 is 0 Å². The summed E-state index contributed by atoms with van der Waals surface area (Å²) < 4.78 is 6.07. The number of pyridine rings is 6. The standard InChI is InChI=1S/C44H29N5.C41H26N4.C33H22N4/c1-2-7-44-36(4-1)16-17-40-29-43(48-49(40)44)38-6-3-5-37(26-38)42-28-39(32-10-8-30(9-11-32)33-18-22-45-23-19-33)27-41(47-42)35-14-12-31(13-15-35)34-20-24-46-25-21-34;1-3-11-30-22-34(18-16-27(30)8-1)38-26-37(42-41(43-38)35-19-17-28-9-2-4-12-31(28)23-35)32-13-7-14-33(24-32)39-25-36-21-20-29-10-5-6-15-40(29)45(36)44-39;1-3-10-23(11-4-1)29-22-30(35-33(34-29)25-13-5-2-6-14-25)26-15-9-16-27(20-26)31-21-28-19-18-24-12-7-8-17-32(24)37(28)36-31/h1-29H;1-26H;1-22H. The van der Waals surface area contributed by atoms with Gasteiger partial charge in [-0.25, -0.2) is 38.5 Å². The molecule has 131 heavy (non-hydrogen) atoms. The van der Waals surface area contributed by atoms with Gasteiger partial charge in [0, 0.05) is 102 Å². The SMILES string of the molecule is c1cc(-c2cc(-c3ccc(-c4ccncc4)cc3)cc(-c3ccc(-c4ccncc4)cc3)n2)cc(-c2cc3ccc4ccccc4n3n2)c1.c1cc(-c2cc(-c3ccc4ccccc4c3)nc(-c3ccc4ccccc4c3)n2)cc(-c2cc3ccc4ccccc4n3n2)c1.c1ccc(-c2cc(-c3cccc(-c4cc5ccc6ccccc6n5n4)c3)nc(-c3ccccc3)n2)cc1. The molecular weight excluding hydrogens is 1600 g/mol. The van der Waals surface area contributed by atoms with E-state index in [0.717, 1.165) is 195 Å². The first-order chi connectivity index (χ1) is 64.8. The first-order valence-electron chi connectivity index (χ1n) is 43.7. The molecule has 0 saturated carbocycles. The predicted molar refractivity (Wildman–Crippen MR) is 534 cm³/mol. The Hall–Kier alpha value is -17.9. The van der Waals surface area contributed by atoms with Gasteiger partial charge < -0.3 is 0 Å². The molecule has 13 heteroatoms. The van der Waals surface area contributed by atoms with Gasteiger partial charge >= 0.3 is 0 Å². The van der Waals surface area contributed by atoms with Crippen molar-refractivity contribution in [3.8, 4) is 157 Å². The molecule has 0 radical (unpaired) electrons. The van der Waals surface area contributed by atoms with Crippen molar-refractivity contribution >= 4 is 70.8 Å². The van der Waals surface area contributed by atoms with Gasteiger partial charge in [-0.2, -0.15) is 15.3 Å².